The Morgan fingerprint density at radius 1 is 1.17 bits per heavy atom. The van der Waals surface area contributed by atoms with Crippen LogP contribution in [0.3, 0.4) is 0 Å². The van der Waals surface area contributed by atoms with Crippen LogP contribution in [0.4, 0.5) is 0 Å². The van der Waals surface area contributed by atoms with Crippen molar-refractivity contribution in [2.45, 2.75) is 13.8 Å². The van der Waals surface area contributed by atoms with Gasteiger partial charge in [-0.05, 0) is 31.6 Å². The minimum atomic E-state index is 0.898. The average Bonchev–Trinajstić information content (AvgIpc) is 2.05. The van der Waals surface area contributed by atoms with Crippen molar-refractivity contribution in [1.29, 1.82) is 0 Å². The molecule has 0 aliphatic rings. The molecule has 0 radical (unpaired) electrons. The molecule has 0 fully saturated rings. The summed E-state index contributed by atoms with van der Waals surface area (Å²) in [6, 6.07) is 0. The smallest absolute Gasteiger partial charge is 0.0927 e. The zero-order valence-electron chi connectivity index (χ0n) is 8.13. The molecule has 0 heterocycles. The fraction of sp³-hybridized carbons (Fsp3) is 0.400. The number of allylic oxidation sites excluding steroid dienone is 5. The van der Waals surface area contributed by atoms with Crippen LogP contribution in [0.2, 0.25) is 0 Å². The number of ether oxygens (including phenoxy) is 2. The predicted octanol–water partition coefficient (Wildman–Crippen LogP) is 2.64. The van der Waals surface area contributed by atoms with Crippen LogP contribution in [-0.4, -0.2) is 14.2 Å². The Kier molecular flexibility index (Phi) is 5.88. The van der Waals surface area contributed by atoms with Gasteiger partial charge >= 0.3 is 0 Å². The van der Waals surface area contributed by atoms with Gasteiger partial charge in [-0.25, -0.2) is 0 Å². The zero-order valence-corrected chi connectivity index (χ0v) is 8.13. The lowest BCUT2D eigenvalue weighted by Crippen LogP contribution is -1.79. The Morgan fingerprint density at radius 2 is 1.83 bits per heavy atom. The highest BCUT2D eigenvalue weighted by Crippen LogP contribution is 2.01. The molecule has 0 unspecified atom stereocenters. The van der Waals surface area contributed by atoms with Gasteiger partial charge in [0.05, 0.1) is 26.2 Å². The van der Waals surface area contributed by atoms with Crippen LogP contribution in [0.25, 0.3) is 0 Å². The van der Waals surface area contributed by atoms with Crippen molar-refractivity contribution in [3.8, 4) is 0 Å². The highest BCUT2D eigenvalue weighted by molar-refractivity contribution is 5.22. The fourth-order valence-corrected chi connectivity index (χ4v) is 0.697. The Labute approximate surface area is 74.2 Å². The van der Waals surface area contributed by atoms with Crippen LogP contribution in [0.5, 0.6) is 0 Å². The minimum absolute atomic E-state index is 0.898. The van der Waals surface area contributed by atoms with Crippen molar-refractivity contribution in [3.63, 3.8) is 0 Å². The second kappa shape index (κ2) is 6.53. The maximum Gasteiger partial charge on any atom is 0.0927 e. The Hall–Kier alpha value is -1.18. The lowest BCUT2D eigenvalue weighted by Gasteiger charge is -1.97. The molecule has 0 saturated carbocycles. The molecular weight excluding hydrogens is 152 g/mol. The summed E-state index contributed by atoms with van der Waals surface area (Å²) in [7, 11) is 3.28. The first-order valence-corrected chi connectivity index (χ1v) is 3.79. The van der Waals surface area contributed by atoms with E-state index in [1.807, 2.05) is 32.1 Å². The van der Waals surface area contributed by atoms with Gasteiger partial charge < -0.3 is 9.47 Å². The summed E-state index contributed by atoms with van der Waals surface area (Å²) in [5, 5.41) is 0. The van der Waals surface area contributed by atoms with Crippen molar-refractivity contribution in [2.75, 3.05) is 14.2 Å². The summed E-state index contributed by atoms with van der Waals surface area (Å²) in [6.45, 7) is 3.92. The predicted molar refractivity (Wildman–Crippen MR) is 50.7 cm³/mol. The van der Waals surface area contributed by atoms with Crippen LogP contribution >= 0.6 is 0 Å². The lowest BCUT2D eigenvalue weighted by atomic mass is 10.2. The topological polar surface area (TPSA) is 18.5 Å². The molecule has 0 aliphatic heterocycles. The summed E-state index contributed by atoms with van der Waals surface area (Å²) in [5.41, 5.74) is 1.13. The van der Waals surface area contributed by atoms with Gasteiger partial charge in [-0.2, -0.15) is 0 Å². The number of rotatable bonds is 4. The first-order chi connectivity index (χ1) is 5.70. The molecule has 0 aromatic carbocycles. The van der Waals surface area contributed by atoms with Gasteiger partial charge in [0.15, 0.2) is 0 Å². The Balaban J connectivity index is 4.10. The maximum absolute atomic E-state index is 4.99. The summed E-state index contributed by atoms with van der Waals surface area (Å²) in [5.74, 6) is 0.898. The molecule has 0 N–H and O–H groups in total. The van der Waals surface area contributed by atoms with Crippen molar-refractivity contribution in [3.05, 3.63) is 35.8 Å². The van der Waals surface area contributed by atoms with Gasteiger partial charge in [0.2, 0.25) is 0 Å². The van der Waals surface area contributed by atoms with Gasteiger partial charge in [0, 0.05) is 0 Å². The maximum atomic E-state index is 4.99. The van der Waals surface area contributed by atoms with Gasteiger partial charge in [-0.1, -0.05) is 6.08 Å². The zero-order chi connectivity index (χ0) is 9.40. The van der Waals surface area contributed by atoms with E-state index >= 15 is 0 Å². The molecule has 0 aliphatic carbocycles. The molecule has 0 aromatic rings. The van der Waals surface area contributed by atoms with E-state index in [-0.39, 0.29) is 0 Å². The minimum Gasteiger partial charge on any atom is -0.504 e. The Bertz CT molecular complexity index is 200. The highest BCUT2D eigenvalue weighted by atomic mass is 16.5. The van der Waals surface area contributed by atoms with E-state index < -0.39 is 0 Å². The largest absolute Gasteiger partial charge is 0.504 e. The standard InChI is InChI=1S/C10H16O2/c1-9(6-5-7-11-3)8-10(2)12-4/h5-8H,1-4H3/b7-5+,9-6-,10-8+. The lowest BCUT2D eigenvalue weighted by molar-refractivity contribution is 0.293. The molecule has 0 amide bonds. The average molecular weight is 168 g/mol. The summed E-state index contributed by atoms with van der Waals surface area (Å²) < 4.78 is 9.74. The normalized spacial score (nSPS) is 13.7. The van der Waals surface area contributed by atoms with Gasteiger partial charge in [-0.15, -0.1) is 0 Å². The van der Waals surface area contributed by atoms with E-state index in [0.29, 0.717) is 0 Å². The van der Waals surface area contributed by atoms with Gasteiger partial charge in [-0.3, -0.25) is 0 Å². The van der Waals surface area contributed by atoms with E-state index in [2.05, 4.69) is 0 Å². The highest BCUT2D eigenvalue weighted by Gasteiger charge is 1.84. The molecule has 68 valence electrons. The molecule has 0 atom stereocenters. The number of hydrogen-bond acceptors (Lipinski definition) is 2. The van der Waals surface area contributed by atoms with Crippen LogP contribution in [-0.2, 0) is 9.47 Å². The second-order valence-corrected chi connectivity index (χ2v) is 2.43. The van der Waals surface area contributed by atoms with E-state index in [4.69, 9.17) is 9.47 Å². The number of hydrogen-bond donors (Lipinski definition) is 0. The van der Waals surface area contributed by atoms with Crippen molar-refractivity contribution >= 4 is 0 Å². The molecule has 12 heavy (non-hydrogen) atoms. The van der Waals surface area contributed by atoms with Crippen LogP contribution < -0.4 is 0 Å². The van der Waals surface area contributed by atoms with Crippen LogP contribution in [0.15, 0.2) is 35.8 Å². The third kappa shape index (κ3) is 5.59. The molecule has 0 saturated heterocycles. The molecular formula is C10H16O2. The SMILES string of the molecule is CO/C=C/C=C(C)\C=C(/C)OC. The van der Waals surface area contributed by atoms with Gasteiger partial charge in [0.1, 0.15) is 0 Å². The van der Waals surface area contributed by atoms with Crippen molar-refractivity contribution < 1.29 is 9.47 Å². The van der Waals surface area contributed by atoms with E-state index in [0.717, 1.165) is 11.3 Å². The molecule has 2 heteroatoms. The first-order valence-electron chi connectivity index (χ1n) is 3.79. The van der Waals surface area contributed by atoms with E-state index in [1.54, 1.807) is 20.5 Å². The summed E-state index contributed by atoms with van der Waals surface area (Å²) in [6.07, 6.45) is 7.38. The van der Waals surface area contributed by atoms with Crippen molar-refractivity contribution in [2.24, 2.45) is 0 Å². The first kappa shape index (κ1) is 10.8. The van der Waals surface area contributed by atoms with Crippen LogP contribution in [0.1, 0.15) is 13.8 Å². The summed E-state index contributed by atoms with van der Waals surface area (Å²) in [4.78, 5) is 0. The quantitative estimate of drug-likeness (QED) is 0.474. The van der Waals surface area contributed by atoms with Gasteiger partial charge in [0.25, 0.3) is 0 Å². The molecule has 0 spiro atoms. The molecule has 2 nitrogen and oxygen atoms in total. The monoisotopic (exact) mass is 168 g/mol. The summed E-state index contributed by atoms with van der Waals surface area (Å²) >= 11 is 0. The molecule has 0 aromatic heterocycles. The van der Waals surface area contributed by atoms with E-state index in [1.165, 1.54) is 0 Å². The van der Waals surface area contributed by atoms with Crippen LogP contribution in [0, 0.1) is 0 Å². The second-order valence-electron chi connectivity index (χ2n) is 2.43. The van der Waals surface area contributed by atoms with E-state index in [9.17, 15) is 0 Å². The molecule has 0 rings (SSSR count). The fourth-order valence-electron chi connectivity index (χ4n) is 0.697. The molecule has 0 bridgehead atoms. The third-order valence-corrected chi connectivity index (χ3v) is 1.33. The Morgan fingerprint density at radius 3 is 2.33 bits per heavy atom. The van der Waals surface area contributed by atoms with Crippen molar-refractivity contribution in [1.82, 2.24) is 0 Å². The third-order valence-electron chi connectivity index (χ3n) is 1.33. The number of methoxy groups -OCH3 is 2.